The first-order chi connectivity index (χ1) is 11.5. The molecule has 0 saturated carbocycles. The SMILES string of the molecule is CC[C@@]1(C(=O)O)C[C@@H]2CC[C@H]1N2C(=O)CSc1cccc(OC)c1. The van der Waals surface area contributed by atoms with Gasteiger partial charge in [-0.1, -0.05) is 13.0 Å². The van der Waals surface area contributed by atoms with Gasteiger partial charge in [0, 0.05) is 17.0 Å². The minimum absolute atomic E-state index is 0.0481. The molecule has 1 aromatic rings. The first-order valence-electron chi connectivity index (χ1n) is 8.33. The second-order valence-electron chi connectivity index (χ2n) is 6.53. The molecule has 0 aromatic heterocycles. The van der Waals surface area contributed by atoms with Crippen LogP contribution in [0.3, 0.4) is 0 Å². The average Bonchev–Trinajstić information content (AvgIpc) is 3.16. The van der Waals surface area contributed by atoms with Crippen molar-refractivity contribution < 1.29 is 19.4 Å². The number of benzene rings is 1. The number of methoxy groups -OCH3 is 1. The highest BCUT2D eigenvalue weighted by Gasteiger charge is 2.60. The van der Waals surface area contributed by atoms with E-state index < -0.39 is 11.4 Å². The van der Waals surface area contributed by atoms with Crippen LogP contribution >= 0.6 is 11.8 Å². The molecule has 2 bridgehead atoms. The van der Waals surface area contributed by atoms with E-state index in [9.17, 15) is 14.7 Å². The van der Waals surface area contributed by atoms with Crippen LogP contribution in [-0.4, -0.2) is 46.8 Å². The third-order valence-electron chi connectivity index (χ3n) is 5.49. The molecular weight excluding hydrogens is 326 g/mol. The zero-order valence-electron chi connectivity index (χ0n) is 14.0. The fraction of sp³-hybridized carbons (Fsp3) is 0.556. The highest BCUT2D eigenvalue weighted by Crippen LogP contribution is 2.52. The van der Waals surface area contributed by atoms with Gasteiger partial charge in [-0.2, -0.15) is 0 Å². The summed E-state index contributed by atoms with van der Waals surface area (Å²) in [6, 6.07) is 7.57. The lowest BCUT2D eigenvalue weighted by Gasteiger charge is -2.32. The highest BCUT2D eigenvalue weighted by atomic mass is 32.2. The van der Waals surface area contributed by atoms with E-state index in [-0.39, 0.29) is 18.0 Å². The van der Waals surface area contributed by atoms with Gasteiger partial charge in [0.2, 0.25) is 5.91 Å². The number of aliphatic carboxylic acids is 1. The number of carboxylic acid groups (broad SMARTS) is 1. The molecule has 1 amide bonds. The lowest BCUT2D eigenvalue weighted by atomic mass is 9.72. The van der Waals surface area contributed by atoms with Crippen molar-refractivity contribution in [3.05, 3.63) is 24.3 Å². The Morgan fingerprint density at radius 3 is 2.83 bits per heavy atom. The summed E-state index contributed by atoms with van der Waals surface area (Å²) < 4.78 is 5.20. The van der Waals surface area contributed by atoms with Crippen molar-refractivity contribution in [2.45, 2.75) is 49.6 Å². The van der Waals surface area contributed by atoms with Crippen LogP contribution < -0.4 is 4.74 Å². The molecule has 1 aromatic carbocycles. The second-order valence-corrected chi connectivity index (χ2v) is 7.58. The van der Waals surface area contributed by atoms with Gasteiger partial charge in [-0.05, 0) is 43.9 Å². The highest BCUT2D eigenvalue weighted by molar-refractivity contribution is 8.00. The van der Waals surface area contributed by atoms with E-state index in [2.05, 4.69) is 0 Å². The standard InChI is InChI=1S/C18H23NO4S/c1-3-18(17(21)22)10-12-7-8-15(18)19(12)16(20)11-24-14-6-4-5-13(9-14)23-2/h4-6,9,12,15H,3,7-8,10-11H2,1-2H3,(H,21,22)/t12-,15+,18+/m0/s1. The Hall–Kier alpha value is -1.69. The summed E-state index contributed by atoms with van der Waals surface area (Å²) in [6.07, 6.45) is 2.91. The molecule has 5 nitrogen and oxygen atoms in total. The monoisotopic (exact) mass is 349 g/mol. The van der Waals surface area contributed by atoms with E-state index in [1.165, 1.54) is 11.8 Å². The van der Waals surface area contributed by atoms with Gasteiger partial charge in [-0.15, -0.1) is 11.8 Å². The second kappa shape index (κ2) is 6.67. The van der Waals surface area contributed by atoms with E-state index in [0.717, 1.165) is 23.5 Å². The van der Waals surface area contributed by atoms with Crippen LogP contribution in [-0.2, 0) is 9.59 Å². The maximum absolute atomic E-state index is 12.7. The Labute approximate surface area is 146 Å². The van der Waals surface area contributed by atoms with Crippen LogP contribution in [0.5, 0.6) is 5.75 Å². The van der Waals surface area contributed by atoms with Gasteiger partial charge in [-0.25, -0.2) is 0 Å². The zero-order valence-corrected chi connectivity index (χ0v) is 14.8. The minimum atomic E-state index is -0.754. The van der Waals surface area contributed by atoms with Crippen LogP contribution in [0, 0.1) is 5.41 Å². The maximum atomic E-state index is 12.7. The van der Waals surface area contributed by atoms with Gasteiger partial charge >= 0.3 is 5.97 Å². The van der Waals surface area contributed by atoms with Crippen molar-refractivity contribution in [1.82, 2.24) is 4.90 Å². The van der Waals surface area contributed by atoms with Crippen LogP contribution in [0.1, 0.15) is 32.6 Å². The van der Waals surface area contributed by atoms with Crippen LogP contribution in [0.15, 0.2) is 29.2 Å². The Balaban J connectivity index is 1.68. The number of nitrogens with zero attached hydrogens (tertiary/aromatic N) is 1. The molecular formula is C18H23NO4S. The third-order valence-corrected chi connectivity index (χ3v) is 6.47. The molecule has 3 rings (SSSR count). The molecule has 0 radical (unpaired) electrons. The number of hydrogen-bond donors (Lipinski definition) is 1. The molecule has 2 aliphatic rings. The number of rotatable bonds is 6. The fourth-order valence-electron chi connectivity index (χ4n) is 4.23. The van der Waals surface area contributed by atoms with Crippen LogP contribution in [0.2, 0.25) is 0 Å². The van der Waals surface area contributed by atoms with Gasteiger partial charge in [0.25, 0.3) is 0 Å². The number of ether oxygens (including phenoxy) is 1. The average molecular weight is 349 g/mol. The van der Waals surface area contributed by atoms with Gasteiger partial charge in [-0.3, -0.25) is 9.59 Å². The summed E-state index contributed by atoms with van der Waals surface area (Å²) in [5.74, 6) is 0.395. The Bertz CT molecular complexity index is 650. The summed E-state index contributed by atoms with van der Waals surface area (Å²) in [5, 5.41) is 9.69. The zero-order chi connectivity index (χ0) is 17.3. The van der Waals surface area contributed by atoms with E-state index in [0.29, 0.717) is 18.6 Å². The summed E-state index contributed by atoms with van der Waals surface area (Å²) >= 11 is 1.47. The Morgan fingerprint density at radius 1 is 1.42 bits per heavy atom. The summed E-state index contributed by atoms with van der Waals surface area (Å²) in [5.41, 5.74) is -0.751. The summed E-state index contributed by atoms with van der Waals surface area (Å²) in [4.78, 5) is 27.4. The Morgan fingerprint density at radius 2 is 2.21 bits per heavy atom. The van der Waals surface area contributed by atoms with Gasteiger partial charge in [0.05, 0.1) is 18.3 Å². The largest absolute Gasteiger partial charge is 0.497 e. The smallest absolute Gasteiger partial charge is 0.311 e. The molecule has 24 heavy (non-hydrogen) atoms. The molecule has 2 saturated heterocycles. The van der Waals surface area contributed by atoms with Crippen molar-refractivity contribution in [3.8, 4) is 5.75 Å². The lowest BCUT2D eigenvalue weighted by Crippen LogP contribution is -2.45. The van der Waals surface area contributed by atoms with Crippen molar-refractivity contribution >= 4 is 23.6 Å². The number of hydrogen-bond acceptors (Lipinski definition) is 4. The van der Waals surface area contributed by atoms with E-state index in [1.807, 2.05) is 36.1 Å². The first kappa shape index (κ1) is 17.1. The predicted molar refractivity (Wildman–Crippen MR) is 92.4 cm³/mol. The summed E-state index contributed by atoms with van der Waals surface area (Å²) in [7, 11) is 1.62. The molecule has 6 heteroatoms. The van der Waals surface area contributed by atoms with Crippen LogP contribution in [0.25, 0.3) is 0 Å². The fourth-order valence-corrected chi connectivity index (χ4v) is 5.04. The van der Waals surface area contributed by atoms with Crippen molar-refractivity contribution in [3.63, 3.8) is 0 Å². The normalized spacial score (nSPS) is 28.2. The number of fused-ring (bicyclic) bond motifs is 2. The molecule has 130 valence electrons. The number of thioether (sulfide) groups is 1. The topological polar surface area (TPSA) is 66.8 Å². The Kier molecular flexibility index (Phi) is 4.76. The lowest BCUT2D eigenvalue weighted by molar-refractivity contribution is -0.151. The van der Waals surface area contributed by atoms with Gasteiger partial charge < -0.3 is 14.7 Å². The van der Waals surface area contributed by atoms with Gasteiger partial charge in [0.15, 0.2) is 0 Å². The molecule has 3 atom stereocenters. The summed E-state index contributed by atoms with van der Waals surface area (Å²) in [6.45, 7) is 1.92. The molecule has 2 fully saturated rings. The molecule has 2 heterocycles. The van der Waals surface area contributed by atoms with Gasteiger partial charge in [0.1, 0.15) is 5.75 Å². The number of carbonyl (C=O) groups excluding carboxylic acids is 1. The molecule has 0 unspecified atom stereocenters. The molecule has 2 aliphatic heterocycles. The van der Waals surface area contributed by atoms with Crippen LogP contribution in [0.4, 0.5) is 0 Å². The van der Waals surface area contributed by atoms with Crippen molar-refractivity contribution in [1.29, 1.82) is 0 Å². The minimum Gasteiger partial charge on any atom is -0.497 e. The molecule has 0 spiro atoms. The maximum Gasteiger partial charge on any atom is 0.311 e. The quantitative estimate of drug-likeness (QED) is 0.800. The number of carboxylic acids is 1. The number of amides is 1. The predicted octanol–water partition coefficient (Wildman–Crippen LogP) is 3.03. The van der Waals surface area contributed by atoms with E-state index in [4.69, 9.17) is 4.74 Å². The van der Waals surface area contributed by atoms with Crippen molar-refractivity contribution in [2.75, 3.05) is 12.9 Å². The number of carbonyl (C=O) groups is 2. The van der Waals surface area contributed by atoms with E-state index >= 15 is 0 Å². The van der Waals surface area contributed by atoms with Crippen molar-refractivity contribution in [2.24, 2.45) is 5.41 Å². The first-order valence-corrected chi connectivity index (χ1v) is 9.32. The molecule has 1 N–H and O–H groups in total. The third kappa shape index (κ3) is 2.77. The van der Waals surface area contributed by atoms with E-state index in [1.54, 1.807) is 7.11 Å². The molecule has 0 aliphatic carbocycles.